The number of anilines is 1. The van der Waals surface area contributed by atoms with Crippen molar-refractivity contribution in [2.45, 2.75) is 31.7 Å². The Morgan fingerprint density at radius 3 is 2.94 bits per heavy atom. The summed E-state index contributed by atoms with van der Waals surface area (Å²) in [7, 11) is 0. The molecule has 1 aromatic rings. The maximum atomic E-state index is 8.90. The minimum Gasteiger partial charge on any atom is -0.368 e. The lowest BCUT2D eigenvalue weighted by atomic mass is 9.98. The molecule has 4 heteroatoms. The van der Waals surface area contributed by atoms with Gasteiger partial charge in [-0.05, 0) is 66.4 Å². The minimum atomic E-state index is 0.535. The van der Waals surface area contributed by atoms with Crippen molar-refractivity contribution in [2.75, 3.05) is 18.0 Å². The molecule has 1 saturated heterocycles. The first-order chi connectivity index (χ1) is 8.76. The Bertz CT molecular complexity index is 451. The fourth-order valence-corrected chi connectivity index (χ4v) is 3.23. The summed E-state index contributed by atoms with van der Waals surface area (Å²) in [5.41, 5.74) is 7.58. The Morgan fingerprint density at radius 2 is 2.28 bits per heavy atom. The molecule has 0 saturated carbocycles. The average molecular weight is 308 g/mol. The monoisotopic (exact) mass is 307 g/mol. The zero-order chi connectivity index (χ0) is 13.0. The normalized spacial score (nSPS) is 19.6. The standard InChI is InChI=1S/C14H18BrN3/c15-13-9-11(10-17)4-5-14(13)18-8-2-1-3-12(18)6-7-16/h4-5,9,12H,1-3,6-8,16H2. The van der Waals surface area contributed by atoms with Gasteiger partial charge in [0.05, 0.1) is 17.3 Å². The number of benzene rings is 1. The number of nitrogens with two attached hydrogens (primary N) is 1. The van der Waals surface area contributed by atoms with Crippen molar-refractivity contribution in [2.24, 2.45) is 5.73 Å². The van der Waals surface area contributed by atoms with Crippen molar-refractivity contribution in [3.05, 3.63) is 28.2 Å². The average Bonchev–Trinajstić information content (AvgIpc) is 2.40. The number of nitriles is 1. The highest BCUT2D eigenvalue weighted by Gasteiger charge is 2.23. The van der Waals surface area contributed by atoms with Gasteiger partial charge in [0.25, 0.3) is 0 Å². The van der Waals surface area contributed by atoms with Gasteiger partial charge in [0.15, 0.2) is 0 Å². The summed E-state index contributed by atoms with van der Waals surface area (Å²) in [6.45, 7) is 1.81. The molecule has 2 rings (SSSR count). The summed E-state index contributed by atoms with van der Waals surface area (Å²) in [5, 5.41) is 8.90. The topological polar surface area (TPSA) is 53.0 Å². The van der Waals surface area contributed by atoms with Crippen LogP contribution in [0.1, 0.15) is 31.2 Å². The van der Waals surface area contributed by atoms with Crippen molar-refractivity contribution >= 4 is 21.6 Å². The summed E-state index contributed by atoms with van der Waals surface area (Å²) in [6, 6.07) is 8.52. The number of rotatable bonds is 3. The van der Waals surface area contributed by atoms with Crippen LogP contribution in [0.2, 0.25) is 0 Å². The summed E-state index contributed by atoms with van der Waals surface area (Å²) in [6.07, 6.45) is 4.76. The maximum absolute atomic E-state index is 8.90. The Hall–Kier alpha value is -1.05. The van der Waals surface area contributed by atoms with Gasteiger partial charge in [-0.1, -0.05) is 0 Å². The Morgan fingerprint density at radius 1 is 1.44 bits per heavy atom. The first-order valence-electron chi connectivity index (χ1n) is 6.42. The van der Waals surface area contributed by atoms with Crippen LogP contribution in [0, 0.1) is 11.3 Å². The molecule has 0 aromatic heterocycles. The first-order valence-corrected chi connectivity index (χ1v) is 7.22. The van der Waals surface area contributed by atoms with Gasteiger partial charge < -0.3 is 10.6 Å². The van der Waals surface area contributed by atoms with Crippen molar-refractivity contribution in [3.63, 3.8) is 0 Å². The van der Waals surface area contributed by atoms with Crippen molar-refractivity contribution in [1.29, 1.82) is 5.26 Å². The first kappa shape index (κ1) is 13.4. The Kier molecular flexibility index (Phi) is 4.62. The molecular weight excluding hydrogens is 290 g/mol. The van der Waals surface area contributed by atoms with E-state index in [1.807, 2.05) is 18.2 Å². The lowest BCUT2D eigenvalue weighted by Crippen LogP contribution is -2.41. The molecular formula is C14H18BrN3. The summed E-state index contributed by atoms with van der Waals surface area (Å²) in [4.78, 5) is 2.43. The molecule has 0 aliphatic carbocycles. The van der Waals surface area contributed by atoms with Crippen LogP contribution in [-0.4, -0.2) is 19.1 Å². The summed E-state index contributed by atoms with van der Waals surface area (Å²) in [5.74, 6) is 0. The quantitative estimate of drug-likeness (QED) is 0.934. The Labute approximate surface area is 117 Å². The van der Waals surface area contributed by atoms with Crippen LogP contribution in [0.5, 0.6) is 0 Å². The maximum Gasteiger partial charge on any atom is 0.0992 e. The highest BCUT2D eigenvalue weighted by Crippen LogP contribution is 2.32. The second-order valence-corrected chi connectivity index (χ2v) is 5.55. The zero-order valence-electron chi connectivity index (χ0n) is 10.4. The lowest BCUT2D eigenvalue weighted by Gasteiger charge is -2.38. The third-order valence-corrected chi connectivity index (χ3v) is 4.15. The molecule has 2 N–H and O–H groups in total. The van der Waals surface area contributed by atoms with Gasteiger partial charge in [-0.3, -0.25) is 0 Å². The van der Waals surface area contributed by atoms with E-state index in [4.69, 9.17) is 11.0 Å². The number of halogens is 1. The highest BCUT2D eigenvalue weighted by atomic mass is 79.9. The second kappa shape index (κ2) is 6.21. The molecule has 1 atom stereocenters. The highest BCUT2D eigenvalue weighted by molar-refractivity contribution is 9.10. The molecule has 3 nitrogen and oxygen atoms in total. The molecule has 0 radical (unpaired) electrons. The van der Waals surface area contributed by atoms with E-state index in [1.54, 1.807) is 0 Å². The largest absolute Gasteiger partial charge is 0.368 e. The molecule has 0 spiro atoms. The van der Waals surface area contributed by atoms with Crippen LogP contribution in [0.15, 0.2) is 22.7 Å². The van der Waals surface area contributed by atoms with E-state index in [9.17, 15) is 0 Å². The second-order valence-electron chi connectivity index (χ2n) is 4.70. The number of nitrogens with zero attached hydrogens (tertiary/aromatic N) is 2. The number of piperidine rings is 1. The van der Waals surface area contributed by atoms with E-state index in [0.717, 1.165) is 24.0 Å². The molecule has 1 aromatic carbocycles. The van der Waals surface area contributed by atoms with Crippen LogP contribution in [0.4, 0.5) is 5.69 Å². The molecule has 0 amide bonds. The van der Waals surface area contributed by atoms with Gasteiger partial charge in [-0.2, -0.15) is 5.26 Å². The van der Waals surface area contributed by atoms with E-state index in [0.29, 0.717) is 11.6 Å². The fraction of sp³-hybridized carbons (Fsp3) is 0.500. The van der Waals surface area contributed by atoms with E-state index in [2.05, 4.69) is 26.9 Å². The van der Waals surface area contributed by atoms with Gasteiger partial charge in [0.2, 0.25) is 0 Å². The van der Waals surface area contributed by atoms with E-state index in [1.165, 1.54) is 24.9 Å². The predicted molar refractivity (Wildman–Crippen MR) is 77.5 cm³/mol. The van der Waals surface area contributed by atoms with Gasteiger partial charge in [-0.15, -0.1) is 0 Å². The molecule has 96 valence electrons. The van der Waals surface area contributed by atoms with Crippen molar-refractivity contribution in [3.8, 4) is 6.07 Å². The zero-order valence-corrected chi connectivity index (χ0v) is 12.0. The molecule has 18 heavy (non-hydrogen) atoms. The molecule has 1 aliphatic heterocycles. The van der Waals surface area contributed by atoms with E-state index >= 15 is 0 Å². The number of hydrogen-bond acceptors (Lipinski definition) is 3. The van der Waals surface area contributed by atoms with E-state index in [-0.39, 0.29) is 0 Å². The molecule has 1 fully saturated rings. The van der Waals surface area contributed by atoms with Gasteiger partial charge in [0.1, 0.15) is 0 Å². The summed E-state index contributed by atoms with van der Waals surface area (Å²) >= 11 is 3.58. The van der Waals surface area contributed by atoms with Crippen LogP contribution in [0.25, 0.3) is 0 Å². The van der Waals surface area contributed by atoms with Crippen LogP contribution in [0.3, 0.4) is 0 Å². The van der Waals surface area contributed by atoms with Crippen molar-refractivity contribution in [1.82, 2.24) is 0 Å². The number of hydrogen-bond donors (Lipinski definition) is 1. The minimum absolute atomic E-state index is 0.535. The molecule has 0 bridgehead atoms. The van der Waals surface area contributed by atoms with Crippen LogP contribution < -0.4 is 10.6 Å². The van der Waals surface area contributed by atoms with Gasteiger partial charge in [-0.25, -0.2) is 0 Å². The molecule has 1 unspecified atom stereocenters. The predicted octanol–water partition coefficient (Wildman–Crippen LogP) is 3.03. The lowest BCUT2D eigenvalue weighted by molar-refractivity contribution is 0.441. The third kappa shape index (κ3) is 2.85. The van der Waals surface area contributed by atoms with Gasteiger partial charge >= 0.3 is 0 Å². The fourth-order valence-electron chi connectivity index (χ4n) is 2.62. The van der Waals surface area contributed by atoms with E-state index < -0.39 is 0 Å². The van der Waals surface area contributed by atoms with Crippen LogP contribution >= 0.6 is 15.9 Å². The smallest absolute Gasteiger partial charge is 0.0992 e. The Balaban J connectivity index is 2.25. The summed E-state index contributed by atoms with van der Waals surface area (Å²) < 4.78 is 1.01. The van der Waals surface area contributed by atoms with Crippen LogP contribution in [-0.2, 0) is 0 Å². The van der Waals surface area contributed by atoms with Crippen molar-refractivity contribution < 1.29 is 0 Å². The van der Waals surface area contributed by atoms with Gasteiger partial charge in [0, 0.05) is 17.1 Å². The SMILES string of the molecule is N#Cc1ccc(N2CCCCC2CCN)c(Br)c1. The third-order valence-electron chi connectivity index (χ3n) is 3.51. The molecule has 1 heterocycles. The molecule has 1 aliphatic rings.